The topological polar surface area (TPSA) is 102 Å². The van der Waals surface area contributed by atoms with Crippen molar-refractivity contribution in [1.82, 2.24) is 9.29 Å². The van der Waals surface area contributed by atoms with Gasteiger partial charge >= 0.3 is 0 Å². The molecule has 3 rings (SSSR count). The number of anilines is 1. The third-order valence-electron chi connectivity index (χ3n) is 3.93. The van der Waals surface area contributed by atoms with Gasteiger partial charge in [0.15, 0.2) is 0 Å². The Morgan fingerprint density at radius 3 is 2.75 bits per heavy atom. The van der Waals surface area contributed by atoms with Gasteiger partial charge in [-0.1, -0.05) is 18.2 Å². The lowest BCUT2D eigenvalue weighted by Gasteiger charge is -2.28. The SMILES string of the molecule is O=C(Nc1ccccc1)c1cc(S(=O)(=O)N2CCCC(O)C2)c[nH]1. The van der Waals surface area contributed by atoms with E-state index in [4.69, 9.17) is 0 Å². The Hall–Kier alpha value is -2.16. The molecule has 0 saturated carbocycles. The van der Waals surface area contributed by atoms with Crippen LogP contribution in [0.4, 0.5) is 5.69 Å². The Kier molecular flexibility index (Phi) is 4.70. The maximum Gasteiger partial charge on any atom is 0.272 e. The maximum absolute atomic E-state index is 12.6. The number of carbonyl (C=O) groups is 1. The van der Waals surface area contributed by atoms with E-state index in [9.17, 15) is 18.3 Å². The van der Waals surface area contributed by atoms with E-state index < -0.39 is 22.0 Å². The third-order valence-corrected chi connectivity index (χ3v) is 5.77. The number of sulfonamides is 1. The smallest absolute Gasteiger partial charge is 0.272 e. The molecule has 0 bridgehead atoms. The number of amides is 1. The number of aliphatic hydroxyl groups excluding tert-OH is 1. The molecule has 1 aliphatic heterocycles. The van der Waals surface area contributed by atoms with Gasteiger partial charge in [0.1, 0.15) is 10.6 Å². The summed E-state index contributed by atoms with van der Waals surface area (Å²) in [5, 5.41) is 12.4. The second-order valence-corrected chi connectivity index (χ2v) is 7.67. The van der Waals surface area contributed by atoms with E-state index >= 15 is 0 Å². The molecule has 7 nitrogen and oxygen atoms in total. The van der Waals surface area contributed by atoms with Crippen LogP contribution in [-0.2, 0) is 10.0 Å². The number of aromatic nitrogens is 1. The van der Waals surface area contributed by atoms with E-state index in [-0.39, 0.29) is 17.1 Å². The molecular formula is C16H19N3O4S. The van der Waals surface area contributed by atoms with Crippen LogP contribution in [0.1, 0.15) is 23.3 Å². The monoisotopic (exact) mass is 349 g/mol. The predicted octanol–water partition coefficient (Wildman–Crippen LogP) is 1.41. The largest absolute Gasteiger partial charge is 0.392 e. The number of benzene rings is 1. The maximum atomic E-state index is 12.6. The number of hydrogen-bond donors (Lipinski definition) is 3. The third kappa shape index (κ3) is 3.50. The minimum atomic E-state index is -3.72. The Bertz CT molecular complexity index is 817. The second kappa shape index (κ2) is 6.76. The van der Waals surface area contributed by atoms with Gasteiger partial charge in [0.25, 0.3) is 5.91 Å². The first-order chi connectivity index (χ1) is 11.5. The summed E-state index contributed by atoms with van der Waals surface area (Å²) in [4.78, 5) is 14.9. The Morgan fingerprint density at radius 1 is 1.29 bits per heavy atom. The minimum Gasteiger partial charge on any atom is -0.392 e. The van der Waals surface area contributed by atoms with Crippen LogP contribution in [0.5, 0.6) is 0 Å². The molecule has 0 aliphatic carbocycles. The summed E-state index contributed by atoms with van der Waals surface area (Å²) in [5.41, 5.74) is 0.788. The fraction of sp³-hybridized carbons (Fsp3) is 0.312. The van der Waals surface area contributed by atoms with Crippen LogP contribution in [0.3, 0.4) is 0 Å². The van der Waals surface area contributed by atoms with E-state index in [0.717, 1.165) is 0 Å². The van der Waals surface area contributed by atoms with Crippen molar-refractivity contribution in [1.29, 1.82) is 0 Å². The standard InChI is InChI=1S/C16H19N3O4S/c20-13-7-4-8-19(11-13)24(22,23)14-9-15(17-10-14)16(21)18-12-5-2-1-3-6-12/h1-3,5-6,9-10,13,17,20H,4,7-8,11H2,(H,18,21). The zero-order valence-electron chi connectivity index (χ0n) is 13.0. The fourth-order valence-electron chi connectivity index (χ4n) is 2.66. The molecule has 0 radical (unpaired) electrons. The highest BCUT2D eigenvalue weighted by Gasteiger charge is 2.30. The van der Waals surface area contributed by atoms with E-state index in [0.29, 0.717) is 25.1 Å². The van der Waals surface area contributed by atoms with Gasteiger partial charge in [-0.15, -0.1) is 0 Å². The summed E-state index contributed by atoms with van der Waals surface area (Å²) in [6, 6.07) is 10.2. The molecule has 1 fully saturated rings. The van der Waals surface area contributed by atoms with Gasteiger partial charge in [0.05, 0.1) is 6.10 Å². The zero-order valence-corrected chi connectivity index (χ0v) is 13.8. The summed E-state index contributed by atoms with van der Waals surface area (Å²) < 4.78 is 26.4. The average Bonchev–Trinajstić information content (AvgIpc) is 3.07. The lowest BCUT2D eigenvalue weighted by atomic mass is 10.1. The number of aliphatic hydroxyl groups is 1. The van der Waals surface area contributed by atoms with Gasteiger partial charge in [-0.05, 0) is 31.0 Å². The molecule has 2 aromatic rings. The fourth-order valence-corrected chi connectivity index (χ4v) is 4.17. The zero-order chi connectivity index (χ0) is 17.2. The van der Waals surface area contributed by atoms with Gasteiger partial charge in [0.2, 0.25) is 10.0 Å². The predicted molar refractivity (Wildman–Crippen MR) is 89.2 cm³/mol. The van der Waals surface area contributed by atoms with Crippen molar-refractivity contribution >= 4 is 21.6 Å². The molecule has 8 heteroatoms. The molecule has 1 unspecified atom stereocenters. The number of para-hydroxylation sites is 1. The molecule has 0 spiro atoms. The van der Waals surface area contributed by atoms with Crippen LogP contribution in [0.15, 0.2) is 47.5 Å². The number of nitrogens with zero attached hydrogens (tertiary/aromatic N) is 1. The highest BCUT2D eigenvalue weighted by Crippen LogP contribution is 2.21. The van der Waals surface area contributed by atoms with Crippen LogP contribution in [0.2, 0.25) is 0 Å². The normalized spacial score (nSPS) is 19.1. The first-order valence-corrected chi connectivity index (χ1v) is 9.14. The number of hydrogen-bond acceptors (Lipinski definition) is 4. The summed E-state index contributed by atoms with van der Waals surface area (Å²) in [5.74, 6) is -0.415. The van der Waals surface area contributed by atoms with Gasteiger partial charge in [-0.2, -0.15) is 4.31 Å². The first-order valence-electron chi connectivity index (χ1n) is 7.70. The Morgan fingerprint density at radius 2 is 2.04 bits per heavy atom. The van der Waals surface area contributed by atoms with Crippen molar-refractivity contribution in [2.45, 2.75) is 23.8 Å². The van der Waals surface area contributed by atoms with Crippen molar-refractivity contribution in [2.24, 2.45) is 0 Å². The van der Waals surface area contributed by atoms with E-state index in [1.807, 2.05) is 6.07 Å². The van der Waals surface area contributed by atoms with Crippen LogP contribution in [0, 0.1) is 0 Å². The summed E-state index contributed by atoms with van der Waals surface area (Å²) in [6.07, 6.45) is 1.88. The number of nitrogens with one attached hydrogen (secondary N) is 2. The summed E-state index contributed by atoms with van der Waals surface area (Å²) >= 11 is 0. The molecule has 3 N–H and O–H groups in total. The first kappa shape index (κ1) is 16.7. The molecule has 1 saturated heterocycles. The molecule has 1 amide bonds. The second-order valence-electron chi connectivity index (χ2n) is 5.73. The number of aromatic amines is 1. The van der Waals surface area contributed by atoms with Crippen molar-refractivity contribution < 1.29 is 18.3 Å². The quantitative estimate of drug-likeness (QED) is 0.776. The number of carbonyl (C=O) groups excluding carboxylic acids is 1. The number of H-pyrrole nitrogens is 1. The lowest BCUT2D eigenvalue weighted by molar-refractivity contribution is 0.102. The number of rotatable bonds is 4. The van der Waals surface area contributed by atoms with Crippen molar-refractivity contribution in [2.75, 3.05) is 18.4 Å². The molecule has 1 aromatic carbocycles. The van der Waals surface area contributed by atoms with Gasteiger partial charge in [-0.3, -0.25) is 4.79 Å². The average molecular weight is 349 g/mol. The summed E-state index contributed by atoms with van der Waals surface area (Å²) in [7, 11) is -3.72. The Labute approximate surface area is 140 Å². The van der Waals surface area contributed by atoms with E-state index in [1.54, 1.807) is 24.3 Å². The molecule has 128 valence electrons. The van der Waals surface area contributed by atoms with Crippen molar-refractivity contribution in [3.63, 3.8) is 0 Å². The molecule has 2 heterocycles. The lowest BCUT2D eigenvalue weighted by Crippen LogP contribution is -2.41. The minimum absolute atomic E-state index is 0.0230. The summed E-state index contributed by atoms with van der Waals surface area (Å²) in [6.45, 7) is 0.454. The highest BCUT2D eigenvalue weighted by atomic mass is 32.2. The number of β-amino-alcohol motifs (C(OH)–C–C–N with tert-alkyl or cyclic N) is 1. The molecule has 1 atom stereocenters. The molecular weight excluding hydrogens is 330 g/mol. The molecule has 1 aliphatic rings. The van der Waals surface area contributed by atoms with E-state index in [2.05, 4.69) is 10.3 Å². The van der Waals surface area contributed by atoms with Crippen LogP contribution in [-0.4, -0.2) is 47.9 Å². The van der Waals surface area contributed by atoms with Gasteiger partial charge in [0, 0.05) is 25.0 Å². The van der Waals surface area contributed by atoms with Crippen LogP contribution >= 0.6 is 0 Å². The van der Waals surface area contributed by atoms with Gasteiger partial charge in [-0.25, -0.2) is 8.42 Å². The van der Waals surface area contributed by atoms with Crippen LogP contribution < -0.4 is 5.32 Å². The Balaban J connectivity index is 1.76. The van der Waals surface area contributed by atoms with E-state index in [1.165, 1.54) is 16.6 Å². The van der Waals surface area contributed by atoms with Crippen LogP contribution in [0.25, 0.3) is 0 Å². The van der Waals surface area contributed by atoms with Crippen molar-refractivity contribution in [3.8, 4) is 0 Å². The van der Waals surface area contributed by atoms with Crippen molar-refractivity contribution in [3.05, 3.63) is 48.3 Å². The molecule has 1 aromatic heterocycles. The number of piperidine rings is 1. The molecule has 24 heavy (non-hydrogen) atoms. The highest BCUT2D eigenvalue weighted by molar-refractivity contribution is 7.89. The van der Waals surface area contributed by atoms with Gasteiger partial charge < -0.3 is 15.4 Å².